The molecule has 0 radical (unpaired) electrons. The zero-order chi connectivity index (χ0) is 11.3. The van der Waals surface area contributed by atoms with Crippen LogP contribution >= 0.6 is 0 Å². The Kier molecular flexibility index (Phi) is 4.34. The maximum absolute atomic E-state index is 11.4. The molecule has 0 saturated carbocycles. The van der Waals surface area contributed by atoms with Crippen molar-refractivity contribution in [3.8, 4) is 0 Å². The number of carbonyl (C=O) groups excluding carboxylic acids is 1. The number of rotatable bonds is 5. The van der Waals surface area contributed by atoms with Crippen molar-refractivity contribution in [2.24, 2.45) is 5.92 Å². The molecule has 1 N–H and O–H groups in total. The maximum atomic E-state index is 11.4. The van der Waals surface area contributed by atoms with E-state index in [2.05, 4.69) is 24.3 Å². The van der Waals surface area contributed by atoms with Crippen LogP contribution in [0.3, 0.4) is 0 Å². The summed E-state index contributed by atoms with van der Waals surface area (Å²) in [6.07, 6.45) is 3.14. The average molecular weight is 209 g/mol. The summed E-state index contributed by atoms with van der Waals surface area (Å²) < 4.78 is 1.83. The fraction of sp³-hybridized carbons (Fsp3) is 0.636. The van der Waals surface area contributed by atoms with Crippen molar-refractivity contribution in [3.05, 3.63) is 12.3 Å². The summed E-state index contributed by atoms with van der Waals surface area (Å²) in [5, 5.41) is 7.03. The Labute approximate surface area is 90.7 Å². The van der Waals surface area contributed by atoms with E-state index in [1.807, 2.05) is 17.7 Å². The monoisotopic (exact) mass is 209 g/mol. The van der Waals surface area contributed by atoms with Crippen molar-refractivity contribution in [3.63, 3.8) is 0 Å². The van der Waals surface area contributed by atoms with Gasteiger partial charge in [0.15, 0.2) is 0 Å². The zero-order valence-corrected chi connectivity index (χ0v) is 9.66. The van der Waals surface area contributed by atoms with Gasteiger partial charge in [0.2, 0.25) is 5.91 Å². The van der Waals surface area contributed by atoms with Crippen LogP contribution in [0.5, 0.6) is 0 Å². The number of nitrogens with zero attached hydrogens (tertiary/aromatic N) is 2. The third kappa shape index (κ3) is 3.73. The normalized spacial score (nSPS) is 10.7. The third-order valence-electron chi connectivity index (χ3n) is 2.00. The molecule has 0 aliphatic carbocycles. The summed E-state index contributed by atoms with van der Waals surface area (Å²) in [6, 6.07) is 1.83. The summed E-state index contributed by atoms with van der Waals surface area (Å²) in [5.41, 5.74) is 0. The Balaban J connectivity index is 2.60. The summed E-state index contributed by atoms with van der Waals surface area (Å²) in [4.78, 5) is 11.4. The standard InChI is InChI=1S/C11H19N3O/c1-4-5-11(15)13-10-6-7-12-14(10)8-9(2)3/h6-7,9H,4-5,8H2,1-3H3,(H,13,15). The van der Waals surface area contributed by atoms with Gasteiger partial charge in [-0.2, -0.15) is 5.10 Å². The molecule has 0 saturated heterocycles. The predicted molar refractivity (Wildman–Crippen MR) is 60.6 cm³/mol. The second kappa shape index (κ2) is 5.53. The van der Waals surface area contributed by atoms with Crippen LogP contribution < -0.4 is 5.32 Å². The van der Waals surface area contributed by atoms with Crippen molar-refractivity contribution >= 4 is 11.7 Å². The molecule has 4 heteroatoms. The van der Waals surface area contributed by atoms with E-state index >= 15 is 0 Å². The van der Waals surface area contributed by atoms with E-state index in [4.69, 9.17) is 0 Å². The van der Waals surface area contributed by atoms with Gasteiger partial charge in [-0.15, -0.1) is 0 Å². The number of carbonyl (C=O) groups is 1. The molecule has 84 valence electrons. The predicted octanol–water partition coefficient (Wildman–Crippen LogP) is 2.28. The van der Waals surface area contributed by atoms with Gasteiger partial charge in [0.25, 0.3) is 0 Å². The van der Waals surface area contributed by atoms with E-state index in [-0.39, 0.29) is 5.91 Å². The quantitative estimate of drug-likeness (QED) is 0.808. The van der Waals surface area contributed by atoms with Gasteiger partial charge < -0.3 is 5.32 Å². The molecule has 0 aliphatic rings. The van der Waals surface area contributed by atoms with Gasteiger partial charge in [0, 0.05) is 19.0 Å². The molecule has 1 aromatic heterocycles. The van der Waals surface area contributed by atoms with Gasteiger partial charge in [-0.05, 0) is 12.3 Å². The Morgan fingerprint density at radius 1 is 1.60 bits per heavy atom. The lowest BCUT2D eigenvalue weighted by Gasteiger charge is -2.10. The van der Waals surface area contributed by atoms with Crippen LogP contribution in [0, 0.1) is 5.92 Å². The highest BCUT2D eigenvalue weighted by molar-refractivity contribution is 5.89. The van der Waals surface area contributed by atoms with Gasteiger partial charge in [0.05, 0.1) is 6.20 Å². The van der Waals surface area contributed by atoms with Gasteiger partial charge >= 0.3 is 0 Å². The molecule has 0 aliphatic heterocycles. The third-order valence-corrected chi connectivity index (χ3v) is 2.00. The van der Waals surface area contributed by atoms with Crippen molar-refractivity contribution in [2.45, 2.75) is 40.2 Å². The van der Waals surface area contributed by atoms with Crippen LogP contribution in [0.2, 0.25) is 0 Å². The molecule has 1 aromatic rings. The minimum atomic E-state index is 0.0583. The number of hydrogen-bond acceptors (Lipinski definition) is 2. The number of hydrogen-bond donors (Lipinski definition) is 1. The van der Waals surface area contributed by atoms with Gasteiger partial charge in [-0.1, -0.05) is 20.8 Å². The first kappa shape index (κ1) is 11.8. The van der Waals surface area contributed by atoms with Crippen LogP contribution in [0.4, 0.5) is 5.82 Å². The molecule has 0 aromatic carbocycles. The Morgan fingerprint density at radius 2 is 2.33 bits per heavy atom. The number of amides is 1. The van der Waals surface area contributed by atoms with Crippen molar-refractivity contribution in [1.29, 1.82) is 0 Å². The fourth-order valence-electron chi connectivity index (χ4n) is 1.36. The van der Waals surface area contributed by atoms with E-state index in [1.165, 1.54) is 0 Å². The highest BCUT2D eigenvalue weighted by Gasteiger charge is 2.07. The molecule has 4 nitrogen and oxygen atoms in total. The SMILES string of the molecule is CCCC(=O)Nc1ccnn1CC(C)C. The van der Waals surface area contributed by atoms with Gasteiger partial charge in [-0.25, -0.2) is 4.68 Å². The molecule has 1 heterocycles. The molecule has 0 spiro atoms. The maximum Gasteiger partial charge on any atom is 0.225 e. The minimum Gasteiger partial charge on any atom is -0.311 e. The molecule has 0 fully saturated rings. The van der Waals surface area contributed by atoms with E-state index in [9.17, 15) is 4.79 Å². The van der Waals surface area contributed by atoms with Crippen molar-refractivity contribution < 1.29 is 4.79 Å². The summed E-state index contributed by atoms with van der Waals surface area (Å²) >= 11 is 0. The Hall–Kier alpha value is -1.32. The molecule has 0 bridgehead atoms. The fourth-order valence-corrected chi connectivity index (χ4v) is 1.36. The largest absolute Gasteiger partial charge is 0.311 e. The van der Waals surface area contributed by atoms with Gasteiger partial charge in [0.1, 0.15) is 5.82 Å². The van der Waals surface area contributed by atoms with Crippen molar-refractivity contribution in [2.75, 3.05) is 5.32 Å². The number of anilines is 1. The lowest BCUT2D eigenvalue weighted by molar-refractivity contribution is -0.116. The van der Waals surface area contributed by atoms with Crippen LogP contribution in [-0.4, -0.2) is 15.7 Å². The van der Waals surface area contributed by atoms with E-state index in [0.717, 1.165) is 18.8 Å². The zero-order valence-electron chi connectivity index (χ0n) is 9.66. The highest BCUT2D eigenvalue weighted by atomic mass is 16.1. The molecule has 0 atom stereocenters. The van der Waals surface area contributed by atoms with Crippen molar-refractivity contribution in [1.82, 2.24) is 9.78 Å². The molecule has 1 amide bonds. The molecule has 0 unspecified atom stereocenters. The highest BCUT2D eigenvalue weighted by Crippen LogP contribution is 2.09. The number of nitrogens with one attached hydrogen (secondary N) is 1. The first-order chi connectivity index (χ1) is 7.13. The topological polar surface area (TPSA) is 46.9 Å². The molecular weight excluding hydrogens is 190 g/mol. The second-order valence-corrected chi connectivity index (χ2v) is 4.09. The summed E-state index contributed by atoms with van der Waals surface area (Å²) in [5.74, 6) is 1.37. The van der Waals surface area contributed by atoms with Crippen LogP contribution in [0.25, 0.3) is 0 Å². The Bertz CT molecular complexity index is 317. The number of aromatic nitrogens is 2. The first-order valence-corrected chi connectivity index (χ1v) is 5.45. The lowest BCUT2D eigenvalue weighted by Crippen LogP contribution is -2.16. The van der Waals surface area contributed by atoms with Crippen LogP contribution in [-0.2, 0) is 11.3 Å². The van der Waals surface area contributed by atoms with Crippen LogP contribution in [0.1, 0.15) is 33.6 Å². The van der Waals surface area contributed by atoms with E-state index in [1.54, 1.807) is 6.20 Å². The second-order valence-electron chi connectivity index (χ2n) is 4.09. The molecule has 1 rings (SSSR count). The minimum absolute atomic E-state index is 0.0583. The van der Waals surface area contributed by atoms with Gasteiger partial charge in [-0.3, -0.25) is 4.79 Å². The first-order valence-electron chi connectivity index (χ1n) is 5.45. The lowest BCUT2D eigenvalue weighted by atomic mass is 10.2. The molecular formula is C11H19N3O. The van der Waals surface area contributed by atoms with Crippen LogP contribution in [0.15, 0.2) is 12.3 Å². The summed E-state index contributed by atoms with van der Waals surface area (Å²) in [7, 11) is 0. The molecule has 15 heavy (non-hydrogen) atoms. The Morgan fingerprint density at radius 3 is 2.93 bits per heavy atom. The summed E-state index contributed by atoms with van der Waals surface area (Å²) in [6.45, 7) is 7.07. The van der Waals surface area contributed by atoms with E-state index in [0.29, 0.717) is 12.3 Å². The average Bonchev–Trinajstić information content (AvgIpc) is 2.52. The van der Waals surface area contributed by atoms with E-state index < -0.39 is 0 Å². The smallest absolute Gasteiger partial charge is 0.225 e.